The van der Waals surface area contributed by atoms with Gasteiger partial charge in [0.2, 0.25) is 0 Å². The van der Waals surface area contributed by atoms with E-state index >= 15 is 0 Å². The van der Waals surface area contributed by atoms with Crippen molar-refractivity contribution in [1.82, 2.24) is 0 Å². The minimum atomic E-state index is -0.298. The second kappa shape index (κ2) is 7.97. The van der Waals surface area contributed by atoms with Gasteiger partial charge in [0.05, 0.1) is 12.2 Å². The molecule has 29 heavy (non-hydrogen) atoms. The summed E-state index contributed by atoms with van der Waals surface area (Å²) < 4.78 is 0. The summed E-state index contributed by atoms with van der Waals surface area (Å²) in [6, 6.07) is 0. The number of aliphatic hydroxyl groups excluding tert-OH is 2. The van der Waals surface area contributed by atoms with E-state index in [0.717, 1.165) is 37.0 Å². The predicted molar refractivity (Wildman–Crippen MR) is 120 cm³/mol. The van der Waals surface area contributed by atoms with Crippen molar-refractivity contribution in [3.63, 3.8) is 0 Å². The van der Waals surface area contributed by atoms with Gasteiger partial charge in [-0.3, -0.25) is 0 Å². The molecule has 0 amide bonds. The van der Waals surface area contributed by atoms with Gasteiger partial charge in [0.15, 0.2) is 0 Å². The Kier molecular flexibility index (Phi) is 6.01. The molecule has 3 fully saturated rings. The molecule has 2 N–H and O–H groups in total. The third kappa shape index (κ3) is 3.65. The molecule has 0 unspecified atom stereocenters. The monoisotopic (exact) mass is 402 g/mol. The van der Waals surface area contributed by atoms with Gasteiger partial charge >= 0.3 is 0 Å². The zero-order valence-corrected chi connectivity index (χ0v) is 19.7. The lowest BCUT2D eigenvalue weighted by molar-refractivity contribution is -0.0970. The maximum absolute atomic E-state index is 11.3. The van der Waals surface area contributed by atoms with Gasteiger partial charge in [-0.2, -0.15) is 0 Å². The highest BCUT2D eigenvalue weighted by Crippen LogP contribution is 2.67. The van der Waals surface area contributed by atoms with E-state index < -0.39 is 0 Å². The van der Waals surface area contributed by atoms with Crippen LogP contribution in [0, 0.1) is 46.3 Å². The van der Waals surface area contributed by atoms with E-state index in [1.165, 1.54) is 50.5 Å². The van der Waals surface area contributed by atoms with Crippen LogP contribution in [0.1, 0.15) is 98.8 Å². The summed E-state index contributed by atoms with van der Waals surface area (Å²) in [4.78, 5) is 0. The Morgan fingerprint density at radius 3 is 2.45 bits per heavy atom. The maximum atomic E-state index is 11.3. The van der Waals surface area contributed by atoms with Crippen molar-refractivity contribution < 1.29 is 10.2 Å². The highest BCUT2D eigenvalue weighted by Gasteiger charge is 2.61. The third-order valence-electron chi connectivity index (χ3n) is 10.3. The lowest BCUT2D eigenvalue weighted by Crippen LogP contribution is -2.54. The summed E-state index contributed by atoms with van der Waals surface area (Å²) in [5.41, 5.74) is 1.99. The van der Waals surface area contributed by atoms with Gasteiger partial charge in [0.25, 0.3) is 0 Å². The van der Waals surface area contributed by atoms with Crippen molar-refractivity contribution in [3.8, 4) is 0 Å². The first-order chi connectivity index (χ1) is 13.7. The van der Waals surface area contributed by atoms with Crippen molar-refractivity contribution in [2.24, 2.45) is 46.3 Å². The topological polar surface area (TPSA) is 40.5 Å². The molecule has 0 saturated heterocycles. The van der Waals surface area contributed by atoms with Crippen LogP contribution in [0.25, 0.3) is 0 Å². The van der Waals surface area contributed by atoms with Crippen LogP contribution in [0.4, 0.5) is 0 Å². The van der Waals surface area contributed by atoms with Crippen molar-refractivity contribution in [2.45, 2.75) is 111 Å². The standard InChI is InChI=1S/C27H46O2/c1-17(2)7-6-8-18(3)21-9-10-22-25-23(12-14-27(21,22)5)26(4)13-11-20(28)15-19(26)16-24(25)29/h16-18,20-25,28-29H,6-15H2,1-5H3/t18-,20-,21+,22+,23+,24-,25+,26+,27-/m1/s1. The van der Waals surface area contributed by atoms with E-state index in [9.17, 15) is 10.2 Å². The normalized spacial score (nSPS) is 47.9. The molecule has 0 spiro atoms. The summed E-state index contributed by atoms with van der Waals surface area (Å²) in [5.74, 6) is 4.18. The fourth-order valence-corrected chi connectivity index (χ4v) is 8.65. The van der Waals surface area contributed by atoms with Gasteiger partial charge < -0.3 is 10.2 Å². The number of hydrogen-bond acceptors (Lipinski definition) is 2. The van der Waals surface area contributed by atoms with E-state index in [1.807, 2.05) is 0 Å². The van der Waals surface area contributed by atoms with Crippen molar-refractivity contribution in [2.75, 3.05) is 0 Å². The number of rotatable bonds is 5. The summed E-state index contributed by atoms with van der Waals surface area (Å²) >= 11 is 0. The Hall–Kier alpha value is -0.340. The molecule has 9 atom stereocenters. The molecule has 0 aromatic heterocycles. The Labute approximate surface area is 179 Å². The highest BCUT2D eigenvalue weighted by atomic mass is 16.3. The molecular formula is C27H46O2. The maximum Gasteiger partial charge on any atom is 0.0757 e. The second-order valence-electron chi connectivity index (χ2n) is 12.3. The van der Waals surface area contributed by atoms with Crippen LogP contribution in [-0.4, -0.2) is 22.4 Å². The minimum Gasteiger partial charge on any atom is -0.393 e. The fourth-order valence-electron chi connectivity index (χ4n) is 8.65. The average Bonchev–Trinajstić information content (AvgIpc) is 3.00. The molecule has 3 saturated carbocycles. The Balaban J connectivity index is 1.54. The molecule has 4 rings (SSSR count). The Bertz CT molecular complexity index is 624. The molecule has 2 heteroatoms. The van der Waals surface area contributed by atoms with Crippen LogP contribution < -0.4 is 0 Å². The molecule has 0 heterocycles. The number of aliphatic hydroxyl groups is 2. The molecule has 166 valence electrons. The average molecular weight is 403 g/mol. The molecule has 0 aromatic carbocycles. The fraction of sp³-hybridized carbons (Fsp3) is 0.926. The first kappa shape index (κ1) is 21.9. The first-order valence-electron chi connectivity index (χ1n) is 12.7. The van der Waals surface area contributed by atoms with E-state index in [1.54, 1.807) is 0 Å². The lowest BCUT2D eigenvalue weighted by Gasteiger charge is -2.59. The number of hydrogen-bond donors (Lipinski definition) is 2. The molecule has 0 aliphatic heterocycles. The van der Waals surface area contributed by atoms with Crippen LogP contribution in [0.2, 0.25) is 0 Å². The van der Waals surface area contributed by atoms with Gasteiger partial charge in [0, 0.05) is 0 Å². The van der Waals surface area contributed by atoms with Crippen LogP contribution in [0.3, 0.4) is 0 Å². The Morgan fingerprint density at radius 2 is 1.72 bits per heavy atom. The van der Waals surface area contributed by atoms with Gasteiger partial charge in [0.1, 0.15) is 0 Å². The van der Waals surface area contributed by atoms with Gasteiger partial charge in [-0.05, 0) is 91.3 Å². The quantitative estimate of drug-likeness (QED) is 0.525. The summed E-state index contributed by atoms with van der Waals surface area (Å²) in [5, 5.41) is 21.5. The molecule has 4 aliphatic rings. The second-order valence-corrected chi connectivity index (χ2v) is 12.3. The number of fused-ring (bicyclic) bond motifs is 5. The zero-order valence-electron chi connectivity index (χ0n) is 19.7. The predicted octanol–water partition coefficient (Wildman–Crippen LogP) is 6.36. The van der Waals surface area contributed by atoms with Gasteiger partial charge in [-0.25, -0.2) is 0 Å². The molecular weight excluding hydrogens is 356 g/mol. The van der Waals surface area contributed by atoms with Crippen molar-refractivity contribution >= 4 is 0 Å². The molecule has 0 radical (unpaired) electrons. The van der Waals surface area contributed by atoms with Crippen LogP contribution >= 0.6 is 0 Å². The Morgan fingerprint density at radius 1 is 0.966 bits per heavy atom. The van der Waals surface area contributed by atoms with E-state index in [-0.39, 0.29) is 17.6 Å². The first-order valence-corrected chi connectivity index (χ1v) is 12.7. The van der Waals surface area contributed by atoms with Crippen LogP contribution in [-0.2, 0) is 0 Å². The molecule has 2 nitrogen and oxygen atoms in total. The molecule has 0 aromatic rings. The highest BCUT2D eigenvalue weighted by molar-refractivity contribution is 5.27. The van der Waals surface area contributed by atoms with Gasteiger partial charge in [-0.1, -0.05) is 65.5 Å². The SMILES string of the molecule is CC(C)CCC[C@@H](C)[C@@H]1CC[C@H]2[C@@H]3[C@H](O)C=C4C[C@H](O)CC[C@]4(C)[C@H]3CC[C@@]21C. The van der Waals surface area contributed by atoms with Crippen molar-refractivity contribution in [1.29, 1.82) is 0 Å². The zero-order chi connectivity index (χ0) is 21.0. The van der Waals surface area contributed by atoms with E-state index in [0.29, 0.717) is 23.2 Å². The lowest BCUT2D eigenvalue weighted by atomic mass is 9.46. The minimum absolute atomic E-state index is 0.200. The summed E-state index contributed by atoms with van der Waals surface area (Å²) in [6.45, 7) is 12.2. The van der Waals surface area contributed by atoms with E-state index in [2.05, 4.69) is 40.7 Å². The molecule has 4 aliphatic carbocycles. The van der Waals surface area contributed by atoms with E-state index in [4.69, 9.17) is 0 Å². The summed E-state index contributed by atoms with van der Waals surface area (Å²) in [7, 11) is 0. The van der Waals surface area contributed by atoms with Crippen LogP contribution in [0.15, 0.2) is 11.6 Å². The third-order valence-corrected chi connectivity index (χ3v) is 10.3. The molecule has 0 bridgehead atoms. The summed E-state index contributed by atoms with van der Waals surface area (Å²) in [6.07, 6.45) is 13.9. The van der Waals surface area contributed by atoms with Crippen molar-refractivity contribution in [3.05, 3.63) is 11.6 Å². The van der Waals surface area contributed by atoms with Gasteiger partial charge in [-0.15, -0.1) is 0 Å². The largest absolute Gasteiger partial charge is 0.393 e. The van der Waals surface area contributed by atoms with Crippen LogP contribution in [0.5, 0.6) is 0 Å². The smallest absolute Gasteiger partial charge is 0.0757 e.